The zero-order valence-corrected chi connectivity index (χ0v) is 39.1. The molecule has 0 rings (SSSR count). The van der Waals surface area contributed by atoms with Gasteiger partial charge in [-0.2, -0.15) is 0 Å². The SMILES string of the molecule is CC/C=C\C/C=C\C/C=C\C/C=C\CCCCCCCCCCCCCOCC(COP(=O)(O)OCC[N+](C)(C)C)OC(=O)CC/C=C\C/C=C\C/C=C\C/C=C\CC. The van der Waals surface area contributed by atoms with E-state index in [1.54, 1.807) is 0 Å². The molecule has 9 heteroatoms. The van der Waals surface area contributed by atoms with Gasteiger partial charge in [-0.15, -0.1) is 0 Å². The van der Waals surface area contributed by atoms with Gasteiger partial charge in [0.05, 0.1) is 34.4 Å². The number of carbonyl (C=O) groups is 1. The van der Waals surface area contributed by atoms with Crippen LogP contribution in [0.3, 0.4) is 0 Å². The molecular weight excluding hydrogens is 758 g/mol. The Labute approximate surface area is 362 Å². The van der Waals surface area contributed by atoms with Crippen LogP contribution in [0.5, 0.6) is 0 Å². The molecule has 0 fully saturated rings. The van der Waals surface area contributed by atoms with Crippen LogP contribution in [0.2, 0.25) is 0 Å². The Morgan fingerprint density at radius 2 is 0.932 bits per heavy atom. The van der Waals surface area contributed by atoms with Gasteiger partial charge in [0.25, 0.3) is 0 Å². The Morgan fingerprint density at radius 3 is 1.39 bits per heavy atom. The Morgan fingerprint density at radius 1 is 0.525 bits per heavy atom. The van der Waals surface area contributed by atoms with Crippen molar-refractivity contribution in [3.63, 3.8) is 0 Å². The van der Waals surface area contributed by atoms with Crippen LogP contribution in [0.15, 0.2) is 97.2 Å². The van der Waals surface area contributed by atoms with Crippen molar-refractivity contribution < 1.29 is 37.3 Å². The van der Waals surface area contributed by atoms with Gasteiger partial charge in [0, 0.05) is 13.0 Å². The molecule has 2 unspecified atom stereocenters. The van der Waals surface area contributed by atoms with Gasteiger partial charge in [-0.3, -0.25) is 13.8 Å². The van der Waals surface area contributed by atoms with Gasteiger partial charge in [-0.25, -0.2) is 4.57 Å². The highest BCUT2D eigenvalue weighted by atomic mass is 31.2. The molecule has 8 nitrogen and oxygen atoms in total. The number of ether oxygens (including phenoxy) is 2. The number of unbranched alkanes of at least 4 members (excludes halogenated alkanes) is 11. The fourth-order valence-electron chi connectivity index (χ4n) is 5.67. The maximum absolute atomic E-state index is 12.6. The second-order valence-corrected chi connectivity index (χ2v) is 17.5. The molecule has 0 saturated carbocycles. The molecule has 0 aromatic heterocycles. The van der Waals surface area contributed by atoms with Crippen LogP contribution in [0.25, 0.3) is 0 Å². The lowest BCUT2D eigenvalue weighted by atomic mass is 10.1. The normalized spacial score (nSPS) is 14.6. The number of esters is 1. The Kier molecular flexibility index (Phi) is 40.3. The van der Waals surface area contributed by atoms with Crippen LogP contribution in [-0.2, 0) is 27.9 Å². The lowest BCUT2D eigenvalue weighted by Gasteiger charge is -2.24. The molecule has 1 N–H and O–H groups in total. The van der Waals surface area contributed by atoms with Crippen molar-refractivity contribution in [2.45, 2.75) is 161 Å². The zero-order valence-electron chi connectivity index (χ0n) is 38.2. The Hall–Kier alpha value is -2.58. The number of carbonyl (C=O) groups excluding carboxylic acids is 1. The third-order valence-corrected chi connectivity index (χ3v) is 10.1. The van der Waals surface area contributed by atoms with Crippen molar-refractivity contribution in [1.29, 1.82) is 0 Å². The van der Waals surface area contributed by atoms with Crippen molar-refractivity contribution >= 4 is 13.8 Å². The van der Waals surface area contributed by atoms with E-state index in [-0.39, 0.29) is 26.2 Å². The van der Waals surface area contributed by atoms with Gasteiger partial charge < -0.3 is 18.9 Å². The molecule has 59 heavy (non-hydrogen) atoms. The number of rotatable bonds is 41. The minimum absolute atomic E-state index is 0.0703. The van der Waals surface area contributed by atoms with Crippen LogP contribution in [0.4, 0.5) is 0 Å². The third kappa shape index (κ3) is 46.3. The van der Waals surface area contributed by atoms with E-state index in [1.807, 2.05) is 33.3 Å². The van der Waals surface area contributed by atoms with E-state index in [2.05, 4.69) is 98.9 Å². The van der Waals surface area contributed by atoms with Gasteiger partial charge >= 0.3 is 13.8 Å². The van der Waals surface area contributed by atoms with Crippen molar-refractivity contribution in [3.05, 3.63) is 97.2 Å². The summed E-state index contributed by atoms with van der Waals surface area (Å²) in [5, 5.41) is 0. The lowest BCUT2D eigenvalue weighted by molar-refractivity contribution is -0.870. The van der Waals surface area contributed by atoms with Crippen molar-refractivity contribution in [3.8, 4) is 0 Å². The molecular formula is C50H87NO7P+. The molecule has 338 valence electrons. The number of nitrogens with zero attached hydrogens (tertiary/aromatic N) is 1. The van der Waals surface area contributed by atoms with Crippen LogP contribution in [0, 0.1) is 0 Å². The molecule has 0 aliphatic heterocycles. The second-order valence-electron chi connectivity index (χ2n) is 16.0. The number of phosphoric acid groups is 1. The van der Waals surface area contributed by atoms with E-state index in [1.165, 1.54) is 64.2 Å². The summed E-state index contributed by atoms with van der Waals surface area (Å²) >= 11 is 0. The fourth-order valence-corrected chi connectivity index (χ4v) is 6.42. The molecule has 0 aliphatic rings. The molecule has 0 aromatic carbocycles. The largest absolute Gasteiger partial charge is 0.472 e. The van der Waals surface area contributed by atoms with Gasteiger partial charge in [0.2, 0.25) is 0 Å². The molecule has 0 spiro atoms. The number of hydrogen-bond donors (Lipinski definition) is 1. The first-order valence-corrected chi connectivity index (χ1v) is 24.5. The number of hydrogen-bond acceptors (Lipinski definition) is 6. The average molecular weight is 845 g/mol. The summed E-state index contributed by atoms with van der Waals surface area (Å²) in [6.07, 6.45) is 57.6. The topological polar surface area (TPSA) is 91.3 Å². The average Bonchev–Trinajstić information content (AvgIpc) is 3.19. The third-order valence-electron chi connectivity index (χ3n) is 9.15. The van der Waals surface area contributed by atoms with E-state index >= 15 is 0 Å². The summed E-state index contributed by atoms with van der Waals surface area (Å²) in [6, 6.07) is 0. The van der Waals surface area contributed by atoms with Gasteiger partial charge in [-0.1, -0.05) is 169 Å². The van der Waals surface area contributed by atoms with E-state index in [0.717, 1.165) is 64.2 Å². The lowest BCUT2D eigenvalue weighted by Crippen LogP contribution is -2.37. The molecule has 0 bridgehead atoms. The summed E-state index contributed by atoms with van der Waals surface area (Å²) in [5.74, 6) is -0.398. The first-order valence-electron chi connectivity index (χ1n) is 23.0. The molecule has 0 aliphatic carbocycles. The Bertz CT molecular complexity index is 1260. The van der Waals surface area contributed by atoms with E-state index < -0.39 is 19.9 Å². The first kappa shape index (κ1) is 56.4. The monoisotopic (exact) mass is 845 g/mol. The highest BCUT2D eigenvalue weighted by molar-refractivity contribution is 7.47. The number of phosphoric ester groups is 1. The summed E-state index contributed by atoms with van der Waals surface area (Å²) in [5.41, 5.74) is 0. The predicted molar refractivity (Wildman–Crippen MR) is 251 cm³/mol. The summed E-state index contributed by atoms with van der Waals surface area (Å²) < 4.78 is 34.9. The highest BCUT2D eigenvalue weighted by Gasteiger charge is 2.26. The summed E-state index contributed by atoms with van der Waals surface area (Å²) in [7, 11) is 1.61. The molecule has 0 saturated heterocycles. The standard InChI is InChI=1S/C50H86NO7P/c1-6-8-10-12-14-16-18-20-21-22-23-24-25-26-27-28-29-30-32-34-36-38-40-42-45-55-47-49(48-57-59(53,54)56-46-44-51(3,4)5)58-50(52)43-41-39-37-35-33-31-19-17-15-13-11-9-7-2/h8-11,14-17,20-21,23-24,31,33,37,39,49H,6-7,12-13,18-19,22,25-30,32,34-36,38,40-48H2,1-5H3/p+1/b10-8-,11-9-,16-14-,17-15-,21-20-,24-23-,33-31-,39-37-. The van der Waals surface area contributed by atoms with Gasteiger partial charge in [-0.05, 0) is 77.0 Å². The van der Waals surface area contributed by atoms with E-state index in [4.69, 9.17) is 18.5 Å². The minimum atomic E-state index is -4.30. The highest BCUT2D eigenvalue weighted by Crippen LogP contribution is 2.43. The zero-order chi connectivity index (χ0) is 43.4. The summed E-state index contributed by atoms with van der Waals surface area (Å²) in [6.45, 7) is 5.26. The number of allylic oxidation sites excluding steroid dienone is 16. The van der Waals surface area contributed by atoms with Crippen LogP contribution < -0.4 is 0 Å². The summed E-state index contributed by atoms with van der Waals surface area (Å²) in [4.78, 5) is 22.8. The Balaban J connectivity index is 4.22. The predicted octanol–water partition coefficient (Wildman–Crippen LogP) is 13.8. The molecule has 0 heterocycles. The second kappa shape index (κ2) is 42.1. The van der Waals surface area contributed by atoms with Crippen LogP contribution in [0.1, 0.15) is 155 Å². The van der Waals surface area contributed by atoms with E-state index in [9.17, 15) is 14.3 Å². The van der Waals surface area contributed by atoms with Crippen molar-refractivity contribution in [2.24, 2.45) is 0 Å². The maximum atomic E-state index is 12.6. The maximum Gasteiger partial charge on any atom is 0.472 e. The van der Waals surface area contributed by atoms with Crippen LogP contribution in [-0.4, -0.2) is 75.6 Å². The van der Waals surface area contributed by atoms with E-state index in [0.29, 0.717) is 24.1 Å². The molecule has 2 atom stereocenters. The van der Waals surface area contributed by atoms with Gasteiger partial charge in [0.1, 0.15) is 19.3 Å². The van der Waals surface area contributed by atoms with Crippen LogP contribution >= 0.6 is 7.82 Å². The first-order chi connectivity index (χ1) is 28.6. The van der Waals surface area contributed by atoms with Gasteiger partial charge in [0.15, 0.2) is 0 Å². The molecule has 0 amide bonds. The van der Waals surface area contributed by atoms with Crippen molar-refractivity contribution in [1.82, 2.24) is 0 Å². The molecule has 0 aromatic rings. The minimum Gasteiger partial charge on any atom is -0.457 e. The molecule has 0 radical (unpaired) electrons. The fraction of sp³-hybridized carbons (Fsp3) is 0.660. The van der Waals surface area contributed by atoms with Crippen molar-refractivity contribution in [2.75, 3.05) is 54.1 Å². The number of likely N-dealkylation sites (N-methyl/N-ethyl adjacent to an activating group) is 1. The number of quaternary nitrogens is 1. The quantitative estimate of drug-likeness (QED) is 0.0215. The smallest absolute Gasteiger partial charge is 0.457 e.